The fourth-order valence-electron chi connectivity index (χ4n) is 2.00. The molecule has 0 aliphatic carbocycles. The highest BCUT2D eigenvalue weighted by atomic mass is 14.9. The van der Waals surface area contributed by atoms with E-state index >= 15 is 0 Å². The molecular weight excluding hydrogens is 232 g/mol. The standard InChI is InChI=1S/C17H18N2/c1-14(16-5-3-2-4-6-16)13-19-17-9-7-15(8-10-17)11-12-18/h2-10,14,19H,11,13H2,1H3. The van der Waals surface area contributed by atoms with Gasteiger partial charge in [-0.25, -0.2) is 0 Å². The molecule has 0 saturated carbocycles. The molecule has 0 aromatic heterocycles. The van der Waals surface area contributed by atoms with Crippen LogP contribution >= 0.6 is 0 Å². The number of nitrogens with one attached hydrogen (secondary N) is 1. The molecule has 19 heavy (non-hydrogen) atoms. The molecule has 0 saturated heterocycles. The van der Waals surface area contributed by atoms with Crippen LogP contribution in [-0.4, -0.2) is 6.54 Å². The summed E-state index contributed by atoms with van der Waals surface area (Å²) in [5.41, 5.74) is 3.50. The lowest BCUT2D eigenvalue weighted by molar-refractivity contribution is 0.805. The van der Waals surface area contributed by atoms with Crippen molar-refractivity contribution in [2.75, 3.05) is 11.9 Å². The lowest BCUT2D eigenvalue weighted by Gasteiger charge is -2.14. The third-order valence-corrected chi connectivity index (χ3v) is 3.22. The van der Waals surface area contributed by atoms with Crippen molar-refractivity contribution < 1.29 is 0 Å². The molecule has 0 heterocycles. The summed E-state index contributed by atoms with van der Waals surface area (Å²) in [4.78, 5) is 0. The van der Waals surface area contributed by atoms with Gasteiger partial charge in [0.05, 0.1) is 12.5 Å². The van der Waals surface area contributed by atoms with Gasteiger partial charge in [0.15, 0.2) is 0 Å². The number of benzene rings is 2. The molecule has 2 rings (SSSR count). The van der Waals surface area contributed by atoms with Crippen LogP contribution in [0.25, 0.3) is 0 Å². The Kier molecular flexibility index (Phi) is 4.58. The minimum atomic E-state index is 0.472. The van der Waals surface area contributed by atoms with E-state index in [0.717, 1.165) is 17.8 Å². The Morgan fingerprint density at radius 3 is 2.37 bits per heavy atom. The van der Waals surface area contributed by atoms with Crippen LogP contribution in [0.5, 0.6) is 0 Å². The van der Waals surface area contributed by atoms with E-state index in [1.54, 1.807) is 0 Å². The first kappa shape index (κ1) is 13.2. The maximum atomic E-state index is 8.63. The van der Waals surface area contributed by atoms with Gasteiger partial charge in [-0.05, 0) is 29.2 Å². The number of hydrogen-bond acceptors (Lipinski definition) is 2. The Hall–Kier alpha value is -2.27. The summed E-state index contributed by atoms with van der Waals surface area (Å²) in [6, 6.07) is 20.7. The van der Waals surface area contributed by atoms with Crippen molar-refractivity contribution in [3.05, 3.63) is 65.7 Å². The molecule has 1 atom stereocenters. The van der Waals surface area contributed by atoms with Crippen molar-refractivity contribution in [1.82, 2.24) is 0 Å². The van der Waals surface area contributed by atoms with Crippen LogP contribution in [0.3, 0.4) is 0 Å². The van der Waals surface area contributed by atoms with Crippen LogP contribution in [0.15, 0.2) is 54.6 Å². The summed E-state index contributed by atoms with van der Waals surface area (Å²) in [5, 5.41) is 12.1. The smallest absolute Gasteiger partial charge is 0.0669 e. The van der Waals surface area contributed by atoms with Gasteiger partial charge in [-0.15, -0.1) is 0 Å². The first-order valence-corrected chi connectivity index (χ1v) is 6.54. The molecule has 0 aliphatic rings. The Balaban J connectivity index is 1.90. The van der Waals surface area contributed by atoms with E-state index in [1.165, 1.54) is 5.56 Å². The molecule has 2 nitrogen and oxygen atoms in total. The Morgan fingerprint density at radius 1 is 1.05 bits per heavy atom. The predicted octanol–water partition coefficient (Wildman–Crippen LogP) is 3.97. The van der Waals surface area contributed by atoms with Crippen molar-refractivity contribution in [3.8, 4) is 6.07 Å². The van der Waals surface area contributed by atoms with Gasteiger partial charge in [-0.3, -0.25) is 0 Å². The van der Waals surface area contributed by atoms with E-state index in [-0.39, 0.29) is 0 Å². The van der Waals surface area contributed by atoms with Gasteiger partial charge < -0.3 is 5.32 Å². The second-order valence-electron chi connectivity index (χ2n) is 4.72. The first-order valence-electron chi connectivity index (χ1n) is 6.54. The van der Waals surface area contributed by atoms with Crippen LogP contribution in [-0.2, 0) is 6.42 Å². The molecule has 0 bridgehead atoms. The quantitative estimate of drug-likeness (QED) is 0.871. The lowest BCUT2D eigenvalue weighted by Crippen LogP contribution is -2.09. The van der Waals surface area contributed by atoms with Crippen LogP contribution in [0, 0.1) is 11.3 Å². The topological polar surface area (TPSA) is 35.8 Å². The maximum Gasteiger partial charge on any atom is 0.0669 e. The number of rotatable bonds is 5. The molecule has 0 fully saturated rings. The molecule has 1 unspecified atom stereocenters. The summed E-state index contributed by atoms with van der Waals surface area (Å²) < 4.78 is 0. The van der Waals surface area contributed by atoms with Crippen molar-refractivity contribution in [2.24, 2.45) is 0 Å². The minimum Gasteiger partial charge on any atom is -0.384 e. The minimum absolute atomic E-state index is 0.472. The van der Waals surface area contributed by atoms with Crippen LogP contribution < -0.4 is 5.32 Å². The number of nitrogens with zero attached hydrogens (tertiary/aromatic N) is 1. The molecule has 0 amide bonds. The zero-order valence-electron chi connectivity index (χ0n) is 11.1. The summed E-state index contributed by atoms with van der Waals surface area (Å²) in [6.07, 6.45) is 0.473. The van der Waals surface area contributed by atoms with Gasteiger partial charge >= 0.3 is 0 Å². The van der Waals surface area contributed by atoms with Crippen molar-refractivity contribution in [2.45, 2.75) is 19.3 Å². The molecule has 0 aliphatic heterocycles. The van der Waals surface area contributed by atoms with Gasteiger partial charge in [0.2, 0.25) is 0 Å². The Labute approximate surface area is 114 Å². The van der Waals surface area contributed by atoms with Crippen molar-refractivity contribution in [3.63, 3.8) is 0 Å². The molecule has 0 radical (unpaired) electrons. The van der Waals surface area contributed by atoms with E-state index in [1.807, 2.05) is 30.3 Å². The third-order valence-electron chi connectivity index (χ3n) is 3.22. The average Bonchev–Trinajstić information content (AvgIpc) is 2.47. The highest BCUT2D eigenvalue weighted by molar-refractivity contribution is 5.45. The van der Waals surface area contributed by atoms with E-state index in [9.17, 15) is 0 Å². The van der Waals surface area contributed by atoms with E-state index < -0.39 is 0 Å². The summed E-state index contributed by atoms with van der Waals surface area (Å²) in [7, 11) is 0. The number of hydrogen-bond donors (Lipinski definition) is 1. The predicted molar refractivity (Wildman–Crippen MR) is 79.1 cm³/mol. The van der Waals surface area contributed by atoms with Crippen molar-refractivity contribution in [1.29, 1.82) is 5.26 Å². The van der Waals surface area contributed by atoms with Crippen LogP contribution in [0.4, 0.5) is 5.69 Å². The number of nitriles is 1. The third kappa shape index (κ3) is 3.86. The van der Waals surface area contributed by atoms with E-state index in [4.69, 9.17) is 5.26 Å². The number of anilines is 1. The average molecular weight is 250 g/mol. The van der Waals surface area contributed by atoms with E-state index in [2.05, 4.69) is 42.6 Å². The largest absolute Gasteiger partial charge is 0.384 e. The summed E-state index contributed by atoms with van der Waals surface area (Å²) >= 11 is 0. The molecule has 2 heteroatoms. The normalized spacial score (nSPS) is 11.6. The van der Waals surface area contributed by atoms with Crippen LogP contribution in [0.2, 0.25) is 0 Å². The van der Waals surface area contributed by atoms with E-state index in [0.29, 0.717) is 12.3 Å². The van der Waals surface area contributed by atoms with Gasteiger partial charge in [0.1, 0.15) is 0 Å². The molecule has 0 spiro atoms. The second-order valence-corrected chi connectivity index (χ2v) is 4.72. The van der Waals surface area contributed by atoms with Gasteiger partial charge in [0, 0.05) is 12.2 Å². The summed E-state index contributed by atoms with van der Waals surface area (Å²) in [5.74, 6) is 0.472. The maximum absolute atomic E-state index is 8.63. The second kappa shape index (κ2) is 6.61. The highest BCUT2D eigenvalue weighted by Gasteiger charge is 2.04. The van der Waals surface area contributed by atoms with Gasteiger partial charge in [-0.2, -0.15) is 5.26 Å². The summed E-state index contributed by atoms with van der Waals surface area (Å²) in [6.45, 7) is 3.12. The van der Waals surface area contributed by atoms with Crippen LogP contribution in [0.1, 0.15) is 24.0 Å². The Bertz CT molecular complexity index is 538. The zero-order chi connectivity index (χ0) is 13.5. The molecule has 2 aromatic carbocycles. The SMILES string of the molecule is CC(CNc1ccc(CC#N)cc1)c1ccccc1. The molecule has 1 N–H and O–H groups in total. The zero-order valence-corrected chi connectivity index (χ0v) is 11.1. The highest BCUT2D eigenvalue weighted by Crippen LogP contribution is 2.16. The molecular formula is C17H18N2. The van der Waals surface area contributed by atoms with Gasteiger partial charge in [-0.1, -0.05) is 49.4 Å². The fraction of sp³-hybridized carbons (Fsp3) is 0.235. The van der Waals surface area contributed by atoms with Gasteiger partial charge in [0.25, 0.3) is 0 Å². The van der Waals surface area contributed by atoms with Crippen molar-refractivity contribution >= 4 is 5.69 Å². The molecule has 2 aromatic rings. The Morgan fingerprint density at radius 2 is 1.74 bits per heavy atom. The monoisotopic (exact) mass is 250 g/mol. The molecule has 96 valence electrons. The lowest BCUT2D eigenvalue weighted by atomic mass is 10.0. The first-order chi connectivity index (χ1) is 9.29. The fourth-order valence-corrected chi connectivity index (χ4v) is 2.00.